The lowest BCUT2D eigenvalue weighted by atomic mass is 10.2. The number of rotatable bonds is 5. The van der Waals surface area contributed by atoms with Crippen LogP contribution >= 0.6 is 11.3 Å². The molecule has 0 aliphatic heterocycles. The molecule has 0 spiro atoms. The molecular weight excluding hydrogens is 381 g/mol. The van der Waals surface area contributed by atoms with Gasteiger partial charge in [-0.2, -0.15) is 0 Å². The van der Waals surface area contributed by atoms with E-state index < -0.39 is 6.36 Å². The van der Waals surface area contributed by atoms with Gasteiger partial charge in [0.15, 0.2) is 10.8 Å². The molecule has 9 heteroatoms. The first kappa shape index (κ1) is 19.0. The van der Waals surface area contributed by atoms with Crippen LogP contribution in [0.1, 0.15) is 20.9 Å². The molecular formula is C18H15F3N2O3S. The van der Waals surface area contributed by atoms with Crippen LogP contribution in [0.4, 0.5) is 13.2 Å². The average molecular weight is 396 g/mol. The highest BCUT2D eigenvalue weighted by molar-refractivity contribution is 7.15. The Balaban J connectivity index is 1.69. The van der Waals surface area contributed by atoms with Gasteiger partial charge in [-0.1, -0.05) is 12.1 Å². The summed E-state index contributed by atoms with van der Waals surface area (Å²) in [7, 11) is 1.60. The van der Waals surface area contributed by atoms with E-state index in [1.54, 1.807) is 26.1 Å². The molecule has 5 nitrogen and oxygen atoms in total. The van der Waals surface area contributed by atoms with Crippen molar-refractivity contribution in [3.8, 4) is 16.5 Å². The van der Waals surface area contributed by atoms with Crippen molar-refractivity contribution in [2.75, 3.05) is 7.05 Å². The van der Waals surface area contributed by atoms with Crippen LogP contribution in [0.25, 0.3) is 10.8 Å². The molecule has 0 aliphatic rings. The molecule has 2 heterocycles. The lowest BCUT2D eigenvalue weighted by Gasteiger charge is -2.17. The van der Waals surface area contributed by atoms with E-state index in [0.717, 1.165) is 4.88 Å². The summed E-state index contributed by atoms with van der Waals surface area (Å²) >= 11 is 1.36. The van der Waals surface area contributed by atoms with E-state index in [1.807, 2.05) is 0 Å². The van der Waals surface area contributed by atoms with Crippen LogP contribution in [0.5, 0.6) is 5.75 Å². The van der Waals surface area contributed by atoms with Gasteiger partial charge in [0.2, 0.25) is 0 Å². The molecule has 2 aromatic heterocycles. The third-order valence-corrected chi connectivity index (χ3v) is 4.64. The number of nitrogens with zero attached hydrogens (tertiary/aromatic N) is 2. The number of halogens is 3. The number of ether oxygens (including phenoxy) is 1. The van der Waals surface area contributed by atoms with E-state index in [0.29, 0.717) is 22.0 Å². The van der Waals surface area contributed by atoms with Gasteiger partial charge in [0.1, 0.15) is 11.4 Å². The predicted molar refractivity (Wildman–Crippen MR) is 93.5 cm³/mol. The predicted octanol–water partition coefficient (Wildman–Crippen LogP) is 4.88. The number of benzene rings is 1. The normalized spacial score (nSPS) is 11.4. The van der Waals surface area contributed by atoms with Gasteiger partial charge in [-0.25, -0.2) is 4.98 Å². The number of furan rings is 1. The lowest BCUT2D eigenvalue weighted by Crippen LogP contribution is -2.27. The van der Waals surface area contributed by atoms with Gasteiger partial charge in [-0.05, 0) is 36.8 Å². The Bertz CT molecular complexity index is 918. The average Bonchev–Trinajstić information content (AvgIpc) is 3.24. The largest absolute Gasteiger partial charge is 0.573 e. The SMILES string of the molecule is Cc1sc(-c2ccco2)nc1C(=O)N(C)Cc1ccc(OC(F)(F)F)cc1. The minimum absolute atomic E-state index is 0.220. The molecule has 0 bridgehead atoms. The molecule has 0 saturated heterocycles. The first-order valence-electron chi connectivity index (χ1n) is 7.84. The van der Waals surface area contributed by atoms with E-state index >= 15 is 0 Å². The standard InChI is InChI=1S/C18H15F3N2O3S/c1-11-15(22-16(27-11)14-4-3-9-25-14)17(24)23(2)10-12-5-7-13(8-6-12)26-18(19,20)21/h3-9H,10H2,1-2H3. The summed E-state index contributed by atoms with van der Waals surface area (Å²) in [6.45, 7) is 2.02. The Morgan fingerprint density at radius 1 is 1.26 bits per heavy atom. The molecule has 0 atom stereocenters. The second-order valence-corrected chi connectivity index (χ2v) is 6.96. The van der Waals surface area contributed by atoms with E-state index in [4.69, 9.17) is 4.42 Å². The maximum atomic E-state index is 12.7. The van der Waals surface area contributed by atoms with Crippen LogP contribution < -0.4 is 4.74 Å². The van der Waals surface area contributed by atoms with Gasteiger partial charge in [0.05, 0.1) is 6.26 Å². The number of aromatic nitrogens is 1. The zero-order valence-electron chi connectivity index (χ0n) is 14.4. The third-order valence-electron chi connectivity index (χ3n) is 3.65. The third kappa shape index (κ3) is 4.68. The topological polar surface area (TPSA) is 55.6 Å². The molecule has 0 N–H and O–H groups in total. The van der Waals surface area contributed by atoms with Crippen molar-refractivity contribution in [1.82, 2.24) is 9.88 Å². The molecule has 0 fully saturated rings. The highest BCUT2D eigenvalue weighted by Crippen LogP contribution is 2.29. The van der Waals surface area contributed by atoms with Crippen molar-refractivity contribution in [2.45, 2.75) is 19.8 Å². The van der Waals surface area contributed by atoms with Crippen LogP contribution in [0.3, 0.4) is 0 Å². The maximum Gasteiger partial charge on any atom is 0.573 e. The lowest BCUT2D eigenvalue weighted by molar-refractivity contribution is -0.274. The monoisotopic (exact) mass is 396 g/mol. The minimum atomic E-state index is -4.73. The highest BCUT2D eigenvalue weighted by atomic mass is 32.1. The summed E-state index contributed by atoms with van der Waals surface area (Å²) in [6.07, 6.45) is -3.20. The fourth-order valence-corrected chi connectivity index (χ4v) is 3.30. The Hall–Kier alpha value is -2.81. The molecule has 1 aromatic carbocycles. The van der Waals surface area contributed by atoms with Gasteiger partial charge in [0, 0.05) is 18.5 Å². The zero-order valence-corrected chi connectivity index (χ0v) is 15.2. The molecule has 0 saturated carbocycles. The summed E-state index contributed by atoms with van der Waals surface area (Å²) < 4.78 is 45.7. The van der Waals surface area contributed by atoms with E-state index in [9.17, 15) is 18.0 Å². The molecule has 0 aliphatic carbocycles. The van der Waals surface area contributed by atoms with Gasteiger partial charge in [0.25, 0.3) is 5.91 Å². The van der Waals surface area contributed by atoms with Crippen molar-refractivity contribution in [1.29, 1.82) is 0 Å². The quantitative estimate of drug-likeness (QED) is 0.617. The molecule has 0 unspecified atom stereocenters. The molecule has 142 valence electrons. The van der Waals surface area contributed by atoms with Crippen molar-refractivity contribution >= 4 is 17.2 Å². The number of alkyl halides is 3. The van der Waals surface area contributed by atoms with Crippen LogP contribution in [0.2, 0.25) is 0 Å². The van der Waals surface area contributed by atoms with Crippen molar-refractivity contribution in [2.24, 2.45) is 0 Å². The fraction of sp³-hybridized carbons (Fsp3) is 0.222. The van der Waals surface area contributed by atoms with Crippen molar-refractivity contribution < 1.29 is 27.1 Å². The second-order valence-electron chi connectivity index (χ2n) is 5.75. The van der Waals surface area contributed by atoms with Gasteiger partial charge in [-0.15, -0.1) is 24.5 Å². The Kier molecular flexibility index (Phi) is 5.22. The van der Waals surface area contributed by atoms with E-state index in [-0.39, 0.29) is 18.2 Å². The highest BCUT2D eigenvalue weighted by Gasteiger charge is 2.31. The molecule has 27 heavy (non-hydrogen) atoms. The summed E-state index contributed by atoms with van der Waals surface area (Å²) in [5.74, 6) is 0.000829. The van der Waals surface area contributed by atoms with Crippen molar-refractivity contribution in [3.63, 3.8) is 0 Å². The molecule has 3 aromatic rings. The first-order chi connectivity index (χ1) is 12.7. The number of carbonyl (C=O) groups excluding carboxylic acids is 1. The first-order valence-corrected chi connectivity index (χ1v) is 8.66. The summed E-state index contributed by atoms with van der Waals surface area (Å²) in [4.78, 5) is 19.2. The number of hydrogen-bond acceptors (Lipinski definition) is 5. The van der Waals surface area contributed by atoms with E-state index in [2.05, 4.69) is 9.72 Å². The smallest absolute Gasteiger partial charge is 0.462 e. The number of thiazole rings is 1. The van der Waals surface area contributed by atoms with Gasteiger partial charge >= 0.3 is 6.36 Å². The summed E-state index contributed by atoms with van der Waals surface area (Å²) in [5.41, 5.74) is 0.991. The van der Waals surface area contributed by atoms with Crippen LogP contribution in [-0.2, 0) is 6.54 Å². The number of amides is 1. The summed E-state index contributed by atoms with van der Waals surface area (Å²) in [5, 5.41) is 0.614. The second kappa shape index (κ2) is 7.43. The number of aryl methyl sites for hydroxylation is 1. The van der Waals surface area contributed by atoms with Crippen LogP contribution in [0.15, 0.2) is 47.1 Å². The van der Waals surface area contributed by atoms with Gasteiger partial charge < -0.3 is 14.1 Å². The minimum Gasteiger partial charge on any atom is -0.462 e. The number of carbonyl (C=O) groups is 1. The maximum absolute atomic E-state index is 12.7. The van der Waals surface area contributed by atoms with E-state index in [1.165, 1.54) is 46.8 Å². The Morgan fingerprint density at radius 2 is 1.96 bits per heavy atom. The Morgan fingerprint density at radius 3 is 2.56 bits per heavy atom. The molecule has 3 rings (SSSR count). The molecule has 0 radical (unpaired) electrons. The summed E-state index contributed by atoms with van der Waals surface area (Å²) in [6, 6.07) is 8.89. The number of hydrogen-bond donors (Lipinski definition) is 0. The van der Waals surface area contributed by atoms with Gasteiger partial charge in [-0.3, -0.25) is 4.79 Å². The fourth-order valence-electron chi connectivity index (χ4n) is 2.42. The van der Waals surface area contributed by atoms with Crippen LogP contribution in [0, 0.1) is 6.92 Å². The Labute approximate surface area is 157 Å². The van der Waals surface area contributed by atoms with Crippen molar-refractivity contribution in [3.05, 3.63) is 58.8 Å². The molecule has 1 amide bonds. The van der Waals surface area contributed by atoms with Crippen LogP contribution in [-0.4, -0.2) is 29.2 Å². The zero-order chi connectivity index (χ0) is 19.6.